The second-order valence-electron chi connectivity index (χ2n) is 11.0. The third-order valence-corrected chi connectivity index (χ3v) is 9.24. The lowest BCUT2D eigenvalue weighted by Crippen LogP contribution is -2.55. The van der Waals surface area contributed by atoms with Gasteiger partial charge in [-0.2, -0.15) is 13.2 Å². The van der Waals surface area contributed by atoms with Gasteiger partial charge in [0.1, 0.15) is 12.6 Å². The Hall–Kier alpha value is -3.38. The number of benzene rings is 3. The highest BCUT2D eigenvalue weighted by Crippen LogP contribution is 2.32. The van der Waals surface area contributed by atoms with Crippen LogP contribution >= 0.6 is 15.9 Å². The maximum Gasteiger partial charge on any atom is 0.416 e. The summed E-state index contributed by atoms with van der Waals surface area (Å²) in [6.45, 7) is -0.829. The number of anilines is 1. The van der Waals surface area contributed by atoms with Crippen LogP contribution in [0.3, 0.4) is 0 Å². The lowest BCUT2D eigenvalue weighted by molar-refractivity contribution is -0.140. The zero-order chi connectivity index (χ0) is 31.9. The average Bonchev–Trinajstić information content (AvgIpc) is 2.97. The molecule has 3 aromatic carbocycles. The molecule has 0 bridgehead atoms. The zero-order valence-corrected chi connectivity index (χ0v) is 26.7. The Balaban J connectivity index is 1.74. The molecule has 1 N–H and O–H groups in total. The Bertz CT molecular complexity index is 1550. The van der Waals surface area contributed by atoms with E-state index in [0.717, 1.165) is 60.5 Å². The van der Waals surface area contributed by atoms with Crippen molar-refractivity contribution in [2.24, 2.45) is 0 Å². The minimum atomic E-state index is -4.71. The molecule has 7 nitrogen and oxygen atoms in total. The summed E-state index contributed by atoms with van der Waals surface area (Å²) in [4.78, 5) is 29.5. The van der Waals surface area contributed by atoms with E-state index in [1.807, 2.05) is 36.4 Å². The van der Waals surface area contributed by atoms with Crippen LogP contribution in [0.5, 0.6) is 0 Å². The van der Waals surface area contributed by atoms with Crippen LogP contribution < -0.4 is 9.62 Å². The molecule has 1 atom stereocenters. The second kappa shape index (κ2) is 14.6. The maximum atomic E-state index is 14.2. The van der Waals surface area contributed by atoms with Crippen molar-refractivity contribution in [1.29, 1.82) is 0 Å². The van der Waals surface area contributed by atoms with Crippen molar-refractivity contribution in [3.63, 3.8) is 0 Å². The number of nitrogens with one attached hydrogen (secondary N) is 1. The van der Waals surface area contributed by atoms with E-state index >= 15 is 0 Å². The molecule has 0 aromatic heterocycles. The third-order valence-electron chi connectivity index (χ3n) is 7.61. The van der Waals surface area contributed by atoms with Gasteiger partial charge in [-0.3, -0.25) is 13.9 Å². The molecule has 0 aliphatic heterocycles. The lowest BCUT2D eigenvalue weighted by atomic mass is 9.94. The minimum Gasteiger partial charge on any atom is -0.352 e. The maximum absolute atomic E-state index is 14.2. The average molecular weight is 695 g/mol. The van der Waals surface area contributed by atoms with Gasteiger partial charge in [0.15, 0.2) is 0 Å². The number of rotatable bonds is 11. The molecule has 1 saturated carbocycles. The highest BCUT2D eigenvalue weighted by molar-refractivity contribution is 9.10. The molecule has 4 rings (SSSR count). The van der Waals surface area contributed by atoms with Crippen molar-refractivity contribution in [3.8, 4) is 0 Å². The van der Waals surface area contributed by atoms with E-state index in [4.69, 9.17) is 0 Å². The van der Waals surface area contributed by atoms with Gasteiger partial charge in [-0.15, -0.1) is 0 Å². The Morgan fingerprint density at radius 1 is 0.932 bits per heavy atom. The van der Waals surface area contributed by atoms with E-state index in [2.05, 4.69) is 21.2 Å². The molecule has 2 amide bonds. The van der Waals surface area contributed by atoms with E-state index in [0.29, 0.717) is 15.9 Å². The van der Waals surface area contributed by atoms with E-state index in [-0.39, 0.29) is 30.6 Å². The third kappa shape index (κ3) is 9.31. The minimum absolute atomic E-state index is 0.0337. The van der Waals surface area contributed by atoms with Crippen LogP contribution in [0.25, 0.3) is 0 Å². The van der Waals surface area contributed by atoms with Gasteiger partial charge in [0.05, 0.1) is 17.5 Å². The molecule has 1 aliphatic carbocycles. The van der Waals surface area contributed by atoms with Gasteiger partial charge in [0.2, 0.25) is 21.8 Å². The largest absolute Gasteiger partial charge is 0.416 e. The summed E-state index contributed by atoms with van der Waals surface area (Å²) in [7, 11) is -4.21. The van der Waals surface area contributed by atoms with Gasteiger partial charge in [-0.1, -0.05) is 83.7 Å². The molecule has 1 fully saturated rings. The fourth-order valence-corrected chi connectivity index (χ4v) is 6.67. The molecule has 1 aliphatic rings. The van der Waals surface area contributed by atoms with Gasteiger partial charge >= 0.3 is 6.18 Å². The Morgan fingerprint density at radius 3 is 2.23 bits per heavy atom. The molecule has 0 spiro atoms. The Labute approximate surface area is 264 Å². The van der Waals surface area contributed by atoms with Crippen LogP contribution in [-0.2, 0) is 38.8 Å². The number of carbonyl (C=O) groups is 2. The number of halogens is 4. The smallest absolute Gasteiger partial charge is 0.352 e. The summed E-state index contributed by atoms with van der Waals surface area (Å²) in [6, 6.07) is 19.1. The number of nitrogens with zero attached hydrogens (tertiary/aromatic N) is 2. The van der Waals surface area contributed by atoms with Crippen molar-refractivity contribution < 1.29 is 31.2 Å². The normalized spacial score (nSPS) is 14.9. The predicted octanol–water partition coefficient (Wildman–Crippen LogP) is 6.32. The van der Waals surface area contributed by atoms with Gasteiger partial charge in [-0.25, -0.2) is 8.42 Å². The zero-order valence-electron chi connectivity index (χ0n) is 24.3. The summed E-state index contributed by atoms with van der Waals surface area (Å²) < 4.78 is 67.7. The van der Waals surface area contributed by atoms with Crippen molar-refractivity contribution in [2.75, 3.05) is 17.1 Å². The first-order chi connectivity index (χ1) is 20.8. The van der Waals surface area contributed by atoms with Gasteiger partial charge < -0.3 is 10.2 Å². The van der Waals surface area contributed by atoms with E-state index in [1.54, 1.807) is 18.2 Å². The number of amides is 2. The van der Waals surface area contributed by atoms with Crippen LogP contribution in [-0.4, -0.2) is 50.0 Å². The summed E-state index contributed by atoms with van der Waals surface area (Å²) in [5, 5.41) is 3.11. The first kappa shape index (κ1) is 33.5. The highest BCUT2D eigenvalue weighted by Gasteiger charge is 2.35. The van der Waals surface area contributed by atoms with Gasteiger partial charge in [-0.05, 0) is 54.3 Å². The fourth-order valence-electron chi connectivity index (χ4n) is 5.38. The predicted molar refractivity (Wildman–Crippen MR) is 167 cm³/mol. The van der Waals surface area contributed by atoms with Crippen LogP contribution in [0.2, 0.25) is 0 Å². The van der Waals surface area contributed by atoms with Crippen LogP contribution in [0.15, 0.2) is 83.3 Å². The molecule has 0 radical (unpaired) electrons. The molecular weight excluding hydrogens is 659 g/mol. The summed E-state index contributed by atoms with van der Waals surface area (Å²) >= 11 is 3.43. The standard InChI is InChI=1S/C32H35BrF3N3O4S/c1-44(42,43)39(28-17-9-13-25(20-28)32(34,35)36)22-30(40)38(21-24-12-8-14-26(33)18-24)29(19-23-10-4-2-5-11-23)31(41)37-27-15-6-3-7-16-27/h2,4-5,8-14,17-18,20,27,29H,3,6-7,15-16,19,21-22H2,1H3,(H,37,41)/t29-/m1/s1. The first-order valence-electron chi connectivity index (χ1n) is 14.3. The summed E-state index contributed by atoms with van der Waals surface area (Å²) in [5.74, 6) is -1.10. The Morgan fingerprint density at radius 2 is 1.59 bits per heavy atom. The summed E-state index contributed by atoms with van der Waals surface area (Å²) in [6.07, 6.45) is 0.961. The monoisotopic (exact) mass is 693 g/mol. The lowest BCUT2D eigenvalue weighted by Gasteiger charge is -2.35. The van der Waals surface area contributed by atoms with Crippen molar-refractivity contribution >= 4 is 43.5 Å². The Kier molecular flexibility index (Phi) is 11.1. The fraction of sp³-hybridized carbons (Fsp3) is 0.375. The molecule has 0 saturated heterocycles. The molecule has 0 heterocycles. The van der Waals surface area contributed by atoms with Crippen molar-refractivity contribution in [2.45, 2.75) is 63.3 Å². The van der Waals surface area contributed by atoms with Gasteiger partial charge in [0, 0.05) is 23.5 Å². The molecule has 12 heteroatoms. The first-order valence-corrected chi connectivity index (χ1v) is 17.0. The molecule has 3 aromatic rings. The topological polar surface area (TPSA) is 86.8 Å². The molecule has 236 valence electrons. The van der Waals surface area contributed by atoms with Crippen LogP contribution in [0, 0.1) is 0 Å². The number of hydrogen-bond donors (Lipinski definition) is 1. The molecular formula is C32H35BrF3N3O4S. The van der Waals surface area contributed by atoms with Crippen LogP contribution in [0.1, 0.15) is 48.8 Å². The van der Waals surface area contributed by atoms with Crippen LogP contribution in [0.4, 0.5) is 18.9 Å². The number of hydrogen-bond acceptors (Lipinski definition) is 4. The number of alkyl halides is 3. The van der Waals surface area contributed by atoms with Crippen molar-refractivity contribution in [1.82, 2.24) is 10.2 Å². The second-order valence-corrected chi connectivity index (χ2v) is 13.8. The SMILES string of the molecule is CS(=O)(=O)N(CC(=O)N(Cc1cccc(Br)c1)[C@H](Cc1ccccc1)C(=O)NC1CCCCC1)c1cccc(C(F)(F)F)c1. The number of sulfonamides is 1. The highest BCUT2D eigenvalue weighted by atomic mass is 79.9. The molecule has 0 unspecified atom stereocenters. The van der Waals surface area contributed by atoms with Gasteiger partial charge in [0.25, 0.3) is 0 Å². The van der Waals surface area contributed by atoms with E-state index < -0.39 is 40.3 Å². The summed E-state index contributed by atoms with van der Waals surface area (Å²) in [5.41, 5.74) is 0.127. The molecule has 44 heavy (non-hydrogen) atoms. The van der Waals surface area contributed by atoms with E-state index in [9.17, 15) is 31.2 Å². The number of carbonyl (C=O) groups excluding carboxylic acids is 2. The van der Waals surface area contributed by atoms with Crippen molar-refractivity contribution in [3.05, 3.63) is 100 Å². The van der Waals surface area contributed by atoms with E-state index in [1.165, 1.54) is 11.0 Å². The quantitative estimate of drug-likeness (QED) is 0.255.